The number of nitrogens with one attached hydrogen (secondary N) is 2. The first-order valence-electron chi connectivity index (χ1n) is 8.58. The van der Waals surface area contributed by atoms with Gasteiger partial charge in [-0.1, -0.05) is 0 Å². The predicted octanol–water partition coefficient (Wildman–Crippen LogP) is 1.06. The molecule has 3 rings (SSSR count). The Kier molecular flexibility index (Phi) is 5.21. The highest BCUT2D eigenvalue weighted by atomic mass is 16.5. The van der Waals surface area contributed by atoms with Crippen LogP contribution in [0, 0.1) is 0 Å². The van der Waals surface area contributed by atoms with Gasteiger partial charge in [0.15, 0.2) is 5.96 Å². The fraction of sp³-hybridized carbons (Fsp3) is 0.938. The van der Waals surface area contributed by atoms with Gasteiger partial charge in [-0.15, -0.1) is 0 Å². The maximum Gasteiger partial charge on any atom is 0.191 e. The van der Waals surface area contributed by atoms with Crippen molar-refractivity contribution in [1.29, 1.82) is 0 Å². The molecule has 3 fully saturated rings. The maximum atomic E-state index is 5.91. The van der Waals surface area contributed by atoms with Gasteiger partial charge in [-0.05, 0) is 26.2 Å². The summed E-state index contributed by atoms with van der Waals surface area (Å²) in [6.07, 6.45) is 6.09. The largest absolute Gasteiger partial charge is 0.381 e. The lowest BCUT2D eigenvalue weighted by molar-refractivity contribution is -0.0828. The monoisotopic (exact) mass is 311 g/mol. The Hall–Kier alpha value is -0.850. The molecule has 0 radical (unpaired) electrons. The number of guanidine groups is 1. The van der Waals surface area contributed by atoms with E-state index in [1.54, 1.807) is 7.11 Å². The molecular formula is C16H29N3O3. The number of methoxy groups -OCH3 is 1. The van der Waals surface area contributed by atoms with Gasteiger partial charge in [0.25, 0.3) is 0 Å². The summed E-state index contributed by atoms with van der Waals surface area (Å²) >= 11 is 0. The highest BCUT2D eigenvalue weighted by molar-refractivity contribution is 5.80. The van der Waals surface area contributed by atoms with Crippen molar-refractivity contribution >= 4 is 5.96 Å². The van der Waals surface area contributed by atoms with Gasteiger partial charge in [0, 0.05) is 39.7 Å². The smallest absolute Gasteiger partial charge is 0.191 e. The summed E-state index contributed by atoms with van der Waals surface area (Å²) in [5.41, 5.74) is -0.175. The number of ether oxygens (including phenoxy) is 3. The molecule has 3 atom stereocenters. The standard InChI is InChI=1S/C16H29N3O3/c1-3-17-15(19-13-10-12-4-5-14(13)22-12)18-11-16(20-2)6-8-21-9-7-16/h12-14H,3-11H2,1-2H3,(H2,17,18,19). The van der Waals surface area contributed by atoms with E-state index in [2.05, 4.69) is 17.6 Å². The molecule has 3 aliphatic rings. The van der Waals surface area contributed by atoms with Crippen molar-refractivity contribution in [3.63, 3.8) is 0 Å². The minimum atomic E-state index is -0.175. The molecule has 3 aliphatic heterocycles. The van der Waals surface area contributed by atoms with E-state index >= 15 is 0 Å². The average molecular weight is 311 g/mol. The highest BCUT2D eigenvalue weighted by Crippen LogP contribution is 2.34. The van der Waals surface area contributed by atoms with Gasteiger partial charge in [0.1, 0.15) is 0 Å². The lowest BCUT2D eigenvalue weighted by Gasteiger charge is -2.34. The summed E-state index contributed by atoms with van der Waals surface area (Å²) < 4.78 is 17.1. The molecule has 0 aromatic heterocycles. The predicted molar refractivity (Wildman–Crippen MR) is 85.2 cm³/mol. The number of rotatable bonds is 5. The molecule has 6 heteroatoms. The number of nitrogens with zero attached hydrogens (tertiary/aromatic N) is 1. The molecule has 0 saturated carbocycles. The Morgan fingerprint density at radius 3 is 2.73 bits per heavy atom. The SMILES string of the molecule is CCNC(=NCC1(OC)CCOCC1)NC1CC2CCC1O2. The Labute approximate surface area is 133 Å². The van der Waals surface area contributed by atoms with E-state index in [9.17, 15) is 0 Å². The van der Waals surface area contributed by atoms with E-state index < -0.39 is 0 Å². The van der Waals surface area contributed by atoms with E-state index in [4.69, 9.17) is 19.2 Å². The molecule has 22 heavy (non-hydrogen) atoms. The summed E-state index contributed by atoms with van der Waals surface area (Å²) in [4.78, 5) is 4.79. The molecule has 3 heterocycles. The van der Waals surface area contributed by atoms with Crippen molar-refractivity contribution in [1.82, 2.24) is 10.6 Å². The van der Waals surface area contributed by atoms with Crippen molar-refractivity contribution in [2.45, 2.75) is 62.9 Å². The van der Waals surface area contributed by atoms with E-state index in [-0.39, 0.29) is 5.60 Å². The third kappa shape index (κ3) is 3.55. The van der Waals surface area contributed by atoms with E-state index in [0.717, 1.165) is 45.0 Å². The number of hydrogen-bond donors (Lipinski definition) is 2. The van der Waals surface area contributed by atoms with Gasteiger partial charge in [0.2, 0.25) is 0 Å². The van der Waals surface area contributed by atoms with Crippen LogP contribution in [-0.2, 0) is 14.2 Å². The second-order valence-electron chi connectivity index (χ2n) is 6.56. The van der Waals surface area contributed by atoms with Crippen LogP contribution in [0.5, 0.6) is 0 Å². The number of hydrogen-bond acceptors (Lipinski definition) is 4. The quantitative estimate of drug-likeness (QED) is 0.587. The molecule has 3 saturated heterocycles. The van der Waals surface area contributed by atoms with Crippen LogP contribution in [0.3, 0.4) is 0 Å². The number of fused-ring (bicyclic) bond motifs is 2. The molecule has 2 bridgehead atoms. The normalized spacial score (nSPS) is 33.9. The molecule has 0 amide bonds. The minimum Gasteiger partial charge on any atom is -0.381 e. The van der Waals surface area contributed by atoms with Crippen LogP contribution >= 0.6 is 0 Å². The van der Waals surface area contributed by atoms with Gasteiger partial charge in [-0.25, -0.2) is 0 Å². The maximum absolute atomic E-state index is 5.91. The average Bonchev–Trinajstić information content (AvgIpc) is 3.16. The zero-order valence-corrected chi connectivity index (χ0v) is 13.8. The third-order valence-electron chi connectivity index (χ3n) is 5.13. The molecule has 126 valence electrons. The van der Waals surface area contributed by atoms with Crippen molar-refractivity contribution in [3.8, 4) is 0 Å². The molecule has 0 spiro atoms. The molecule has 0 aromatic rings. The topological polar surface area (TPSA) is 64.1 Å². The summed E-state index contributed by atoms with van der Waals surface area (Å²) in [5, 5.41) is 6.90. The second kappa shape index (κ2) is 7.15. The van der Waals surface area contributed by atoms with Crippen LogP contribution in [0.15, 0.2) is 4.99 Å². The highest BCUT2D eigenvalue weighted by Gasteiger charge is 2.41. The summed E-state index contributed by atoms with van der Waals surface area (Å²) in [6.45, 7) is 5.14. The first-order chi connectivity index (χ1) is 10.7. The number of aliphatic imine (C=N–C) groups is 1. The first kappa shape index (κ1) is 16.0. The van der Waals surface area contributed by atoms with Crippen molar-refractivity contribution in [2.75, 3.05) is 33.4 Å². The molecule has 6 nitrogen and oxygen atoms in total. The van der Waals surface area contributed by atoms with Gasteiger partial charge in [-0.2, -0.15) is 0 Å². The van der Waals surface area contributed by atoms with E-state index in [1.807, 2.05) is 0 Å². The Balaban J connectivity index is 1.59. The molecular weight excluding hydrogens is 282 g/mol. The summed E-state index contributed by atoms with van der Waals surface area (Å²) in [7, 11) is 1.78. The summed E-state index contributed by atoms with van der Waals surface area (Å²) in [5.74, 6) is 0.881. The fourth-order valence-electron chi connectivity index (χ4n) is 3.68. The lowest BCUT2D eigenvalue weighted by Crippen LogP contribution is -2.48. The second-order valence-corrected chi connectivity index (χ2v) is 6.56. The van der Waals surface area contributed by atoms with E-state index in [1.165, 1.54) is 12.8 Å². The molecule has 3 unspecified atom stereocenters. The van der Waals surface area contributed by atoms with Crippen LogP contribution < -0.4 is 10.6 Å². The van der Waals surface area contributed by atoms with Crippen LogP contribution in [0.4, 0.5) is 0 Å². The molecule has 0 aromatic carbocycles. The van der Waals surface area contributed by atoms with Gasteiger partial charge in [0.05, 0.1) is 30.4 Å². The first-order valence-corrected chi connectivity index (χ1v) is 8.58. The zero-order valence-electron chi connectivity index (χ0n) is 13.8. The van der Waals surface area contributed by atoms with Gasteiger partial charge >= 0.3 is 0 Å². The third-order valence-corrected chi connectivity index (χ3v) is 5.13. The van der Waals surface area contributed by atoms with Gasteiger partial charge < -0.3 is 24.8 Å². The van der Waals surface area contributed by atoms with Crippen molar-refractivity contribution in [3.05, 3.63) is 0 Å². The Bertz CT molecular complexity index is 396. The fourth-order valence-corrected chi connectivity index (χ4v) is 3.68. The Morgan fingerprint density at radius 1 is 1.32 bits per heavy atom. The van der Waals surface area contributed by atoms with Crippen molar-refractivity contribution in [2.24, 2.45) is 4.99 Å². The van der Waals surface area contributed by atoms with Crippen LogP contribution in [0.25, 0.3) is 0 Å². The molecule has 0 aliphatic carbocycles. The summed E-state index contributed by atoms with van der Waals surface area (Å²) in [6, 6.07) is 0.393. The van der Waals surface area contributed by atoms with Crippen LogP contribution in [0.1, 0.15) is 39.0 Å². The Morgan fingerprint density at radius 2 is 2.14 bits per heavy atom. The van der Waals surface area contributed by atoms with E-state index in [0.29, 0.717) is 24.8 Å². The van der Waals surface area contributed by atoms with Crippen molar-refractivity contribution < 1.29 is 14.2 Å². The molecule has 2 N–H and O–H groups in total. The van der Waals surface area contributed by atoms with Crippen LogP contribution in [-0.4, -0.2) is 63.2 Å². The minimum absolute atomic E-state index is 0.175. The van der Waals surface area contributed by atoms with Gasteiger partial charge in [-0.3, -0.25) is 4.99 Å². The van der Waals surface area contributed by atoms with Crippen LogP contribution in [0.2, 0.25) is 0 Å². The lowest BCUT2D eigenvalue weighted by atomic mass is 9.94. The zero-order chi connectivity index (χ0) is 15.4.